The van der Waals surface area contributed by atoms with Crippen LogP contribution < -0.4 is 4.72 Å². The summed E-state index contributed by atoms with van der Waals surface area (Å²) in [6.45, 7) is 9.27. The van der Waals surface area contributed by atoms with Crippen LogP contribution in [0.5, 0.6) is 0 Å². The van der Waals surface area contributed by atoms with Gasteiger partial charge in [0, 0.05) is 17.1 Å². The van der Waals surface area contributed by atoms with Gasteiger partial charge in [-0.15, -0.1) is 0 Å². The lowest BCUT2D eigenvalue weighted by Crippen LogP contribution is -2.26. The second kappa shape index (κ2) is 6.82. The van der Waals surface area contributed by atoms with Crippen LogP contribution in [-0.4, -0.2) is 8.42 Å². The zero-order valence-electron chi connectivity index (χ0n) is 14.4. The number of halogens is 2. The maximum atomic E-state index is 13.8. The molecule has 1 N–H and O–H groups in total. The van der Waals surface area contributed by atoms with Crippen LogP contribution in [0.1, 0.15) is 33.4 Å². The van der Waals surface area contributed by atoms with Crippen molar-refractivity contribution >= 4 is 21.6 Å². The summed E-state index contributed by atoms with van der Waals surface area (Å²) >= 11 is 5.72. The second-order valence-corrected chi connectivity index (χ2v) is 8.15. The van der Waals surface area contributed by atoms with Crippen molar-refractivity contribution in [2.24, 2.45) is 0 Å². The van der Waals surface area contributed by atoms with Crippen LogP contribution in [0.3, 0.4) is 0 Å². The Morgan fingerprint density at radius 1 is 0.958 bits per heavy atom. The van der Waals surface area contributed by atoms with Gasteiger partial charge in [-0.2, -0.15) is 0 Å². The Balaban J connectivity index is 2.42. The topological polar surface area (TPSA) is 46.2 Å². The molecular weight excluding hydrogens is 349 g/mol. The first-order valence-electron chi connectivity index (χ1n) is 7.56. The highest BCUT2D eigenvalue weighted by molar-refractivity contribution is 7.89. The van der Waals surface area contributed by atoms with Crippen molar-refractivity contribution in [3.05, 3.63) is 62.4 Å². The summed E-state index contributed by atoms with van der Waals surface area (Å²) in [6, 6.07) is 4.18. The standard InChI is InChI=1S/C18H21ClFNO2S/c1-10-11(2)13(4)18(14(5)12(10)3)24(22,23)21-9-15-6-7-16(19)8-17(15)20/h6-8,21H,9H2,1-5H3. The van der Waals surface area contributed by atoms with Crippen molar-refractivity contribution in [2.75, 3.05) is 0 Å². The first kappa shape index (κ1) is 18.9. The van der Waals surface area contributed by atoms with E-state index in [2.05, 4.69) is 4.72 Å². The molecule has 2 aromatic carbocycles. The molecule has 0 aliphatic rings. The van der Waals surface area contributed by atoms with Crippen LogP contribution in [-0.2, 0) is 16.6 Å². The van der Waals surface area contributed by atoms with E-state index in [0.717, 1.165) is 27.8 Å². The molecule has 2 rings (SSSR count). The van der Waals surface area contributed by atoms with Crippen molar-refractivity contribution in [3.8, 4) is 0 Å². The molecule has 0 spiro atoms. The van der Waals surface area contributed by atoms with E-state index in [9.17, 15) is 12.8 Å². The van der Waals surface area contributed by atoms with Crippen molar-refractivity contribution in [3.63, 3.8) is 0 Å². The van der Waals surface area contributed by atoms with Crippen LogP contribution in [0, 0.1) is 40.4 Å². The van der Waals surface area contributed by atoms with Gasteiger partial charge in [-0.05, 0) is 74.6 Å². The van der Waals surface area contributed by atoms with Gasteiger partial charge >= 0.3 is 0 Å². The zero-order chi connectivity index (χ0) is 18.2. The van der Waals surface area contributed by atoms with Gasteiger partial charge in [-0.1, -0.05) is 17.7 Å². The Bertz CT molecular complexity index is 879. The van der Waals surface area contributed by atoms with Gasteiger partial charge < -0.3 is 0 Å². The van der Waals surface area contributed by atoms with Crippen LogP contribution in [0.2, 0.25) is 5.02 Å². The smallest absolute Gasteiger partial charge is 0.207 e. The fraction of sp³-hybridized carbons (Fsp3) is 0.333. The summed E-state index contributed by atoms with van der Waals surface area (Å²) in [4.78, 5) is 0.275. The van der Waals surface area contributed by atoms with Gasteiger partial charge in [-0.3, -0.25) is 0 Å². The Morgan fingerprint density at radius 3 is 1.96 bits per heavy atom. The quantitative estimate of drug-likeness (QED) is 0.862. The summed E-state index contributed by atoms with van der Waals surface area (Å²) in [7, 11) is -3.76. The highest BCUT2D eigenvalue weighted by atomic mass is 35.5. The Labute approximate surface area is 147 Å². The van der Waals surface area contributed by atoms with E-state index in [4.69, 9.17) is 11.6 Å². The molecule has 0 aliphatic heterocycles. The van der Waals surface area contributed by atoms with Gasteiger partial charge in [0.05, 0.1) is 4.90 Å². The number of hydrogen-bond acceptors (Lipinski definition) is 2. The second-order valence-electron chi connectivity index (χ2n) is 6.01. The molecule has 6 heteroatoms. The molecule has 0 aliphatic carbocycles. The third-order valence-corrected chi connectivity index (χ3v) is 6.58. The molecule has 0 amide bonds. The molecule has 0 saturated carbocycles. The first-order valence-corrected chi connectivity index (χ1v) is 9.43. The zero-order valence-corrected chi connectivity index (χ0v) is 16.0. The normalized spacial score (nSPS) is 11.8. The average Bonchev–Trinajstić information content (AvgIpc) is 2.50. The third-order valence-electron chi connectivity index (χ3n) is 4.67. The molecule has 3 nitrogen and oxygen atoms in total. The van der Waals surface area contributed by atoms with Gasteiger partial charge in [0.2, 0.25) is 10.0 Å². The van der Waals surface area contributed by atoms with Crippen LogP contribution in [0.15, 0.2) is 23.1 Å². The molecule has 0 bridgehead atoms. The molecule has 0 radical (unpaired) electrons. The van der Waals surface area contributed by atoms with E-state index in [-0.39, 0.29) is 22.0 Å². The maximum Gasteiger partial charge on any atom is 0.241 e. The minimum atomic E-state index is -3.76. The lowest BCUT2D eigenvalue weighted by atomic mass is 9.95. The fourth-order valence-electron chi connectivity index (χ4n) is 2.78. The van der Waals surface area contributed by atoms with E-state index in [1.807, 2.05) is 20.8 Å². The van der Waals surface area contributed by atoms with E-state index in [0.29, 0.717) is 0 Å². The van der Waals surface area contributed by atoms with Gasteiger partial charge in [0.25, 0.3) is 0 Å². The Morgan fingerprint density at radius 2 is 1.46 bits per heavy atom. The summed E-state index contributed by atoms with van der Waals surface area (Å²) < 4.78 is 41.9. The molecule has 24 heavy (non-hydrogen) atoms. The predicted molar refractivity (Wildman–Crippen MR) is 95.6 cm³/mol. The Kier molecular flexibility index (Phi) is 5.37. The largest absolute Gasteiger partial charge is 0.241 e. The number of sulfonamides is 1. The fourth-order valence-corrected chi connectivity index (χ4v) is 4.54. The number of rotatable bonds is 4. The maximum absolute atomic E-state index is 13.8. The molecule has 0 saturated heterocycles. The molecule has 0 heterocycles. The molecule has 0 unspecified atom stereocenters. The molecular formula is C18H21ClFNO2S. The van der Waals surface area contributed by atoms with Crippen LogP contribution in [0.25, 0.3) is 0 Å². The van der Waals surface area contributed by atoms with Gasteiger partial charge in [-0.25, -0.2) is 17.5 Å². The minimum absolute atomic E-state index is 0.129. The predicted octanol–water partition coefficient (Wildman–Crippen LogP) is 4.50. The molecule has 130 valence electrons. The minimum Gasteiger partial charge on any atom is -0.207 e. The van der Waals surface area contributed by atoms with Crippen LogP contribution >= 0.6 is 11.6 Å². The van der Waals surface area contributed by atoms with Gasteiger partial charge in [0.1, 0.15) is 5.82 Å². The first-order chi connectivity index (χ1) is 11.1. The van der Waals surface area contributed by atoms with E-state index >= 15 is 0 Å². The van der Waals surface area contributed by atoms with Crippen molar-refractivity contribution in [1.82, 2.24) is 4.72 Å². The van der Waals surface area contributed by atoms with Crippen LogP contribution in [0.4, 0.5) is 4.39 Å². The van der Waals surface area contributed by atoms with Gasteiger partial charge in [0.15, 0.2) is 0 Å². The number of nitrogens with one attached hydrogen (secondary N) is 1. The molecule has 0 aromatic heterocycles. The lowest BCUT2D eigenvalue weighted by Gasteiger charge is -2.19. The SMILES string of the molecule is Cc1c(C)c(C)c(S(=O)(=O)NCc2ccc(Cl)cc2F)c(C)c1C. The number of hydrogen-bond donors (Lipinski definition) is 1. The average molecular weight is 370 g/mol. The van der Waals surface area contributed by atoms with E-state index < -0.39 is 15.8 Å². The van der Waals surface area contributed by atoms with E-state index in [1.54, 1.807) is 13.8 Å². The molecule has 2 aromatic rings. The third kappa shape index (κ3) is 3.48. The summed E-state index contributed by atoms with van der Waals surface area (Å²) in [6.07, 6.45) is 0. The highest BCUT2D eigenvalue weighted by Crippen LogP contribution is 2.29. The highest BCUT2D eigenvalue weighted by Gasteiger charge is 2.23. The van der Waals surface area contributed by atoms with Crippen molar-refractivity contribution < 1.29 is 12.8 Å². The Hall–Kier alpha value is -1.43. The number of benzene rings is 2. The summed E-state index contributed by atoms with van der Waals surface area (Å²) in [5, 5.41) is 0.274. The lowest BCUT2D eigenvalue weighted by molar-refractivity contribution is 0.573. The summed E-state index contributed by atoms with van der Waals surface area (Å²) in [5.74, 6) is -0.532. The summed E-state index contributed by atoms with van der Waals surface area (Å²) in [5.41, 5.74) is 4.69. The van der Waals surface area contributed by atoms with Crippen molar-refractivity contribution in [1.29, 1.82) is 0 Å². The molecule has 0 atom stereocenters. The monoisotopic (exact) mass is 369 g/mol. The van der Waals surface area contributed by atoms with E-state index in [1.165, 1.54) is 18.2 Å². The van der Waals surface area contributed by atoms with Crippen molar-refractivity contribution in [2.45, 2.75) is 46.1 Å². The molecule has 0 fully saturated rings.